The lowest BCUT2D eigenvalue weighted by Crippen LogP contribution is -2.53. The monoisotopic (exact) mass is 342 g/mol. The van der Waals surface area contributed by atoms with Crippen molar-refractivity contribution in [2.24, 2.45) is 5.92 Å². The van der Waals surface area contributed by atoms with Crippen molar-refractivity contribution < 1.29 is 5.11 Å². The van der Waals surface area contributed by atoms with Crippen LogP contribution < -0.4 is 0 Å². The second-order valence-corrected chi connectivity index (χ2v) is 7.43. The Bertz CT molecular complexity index is 640. The largest absolute Gasteiger partial charge is 0.396 e. The molecule has 2 N–H and O–H groups in total. The summed E-state index contributed by atoms with van der Waals surface area (Å²) >= 11 is 0. The lowest BCUT2D eigenvalue weighted by atomic mass is 10.0. The topological polar surface area (TPSA) is 55.4 Å². The molecule has 0 bridgehead atoms. The number of aromatic nitrogens is 2. The maximum Gasteiger partial charge on any atom is 0.0695 e. The summed E-state index contributed by atoms with van der Waals surface area (Å²) in [5, 5.41) is 16.9. The second kappa shape index (κ2) is 8.61. The van der Waals surface area contributed by atoms with E-state index in [0.29, 0.717) is 12.0 Å². The number of rotatable bonds is 7. The first kappa shape index (κ1) is 18.1. The van der Waals surface area contributed by atoms with Gasteiger partial charge in [0.15, 0.2) is 0 Å². The smallest absolute Gasteiger partial charge is 0.0695 e. The number of aliphatic hydroxyl groups excluding tert-OH is 1. The zero-order valence-electron chi connectivity index (χ0n) is 15.4. The van der Waals surface area contributed by atoms with E-state index in [-0.39, 0.29) is 6.61 Å². The Hall–Kier alpha value is -1.69. The SMILES string of the molecule is CC(C)CN1CCN(Cc2cn[nH]c2-c2ccccc2)CC1CCO. The molecule has 1 saturated heterocycles. The Morgan fingerprint density at radius 1 is 1.24 bits per heavy atom. The average Bonchev–Trinajstić information content (AvgIpc) is 3.06. The zero-order valence-corrected chi connectivity index (χ0v) is 15.4. The van der Waals surface area contributed by atoms with Gasteiger partial charge in [-0.1, -0.05) is 44.2 Å². The minimum absolute atomic E-state index is 0.258. The molecule has 1 unspecified atom stereocenters. The molecule has 1 atom stereocenters. The van der Waals surface area contributed by atoms with Gasteiger partial charge in [-0.15, -0.1) is 0 Å². The second-order valence-electron chi connectivity index (χ2n) is 7.43. The van der Waals surface area contributed by atoms with Crippen LogP contribution in [0.4, 0.5) is 0 Å². The van der Waals surface area contributed by atoms with E-state index in [1.165, 1.54) is 11.1 Å². The van der Waals surface area contributed by atoms with Crippen LogP contribution in [0.25, 0.3) is 11.3 Å². The maximum atomic E-state index is 9.45. The molecule has 25 heavy (non-hydrogen) atoms. The zero-order chi connectivity index (χ0) is 17.6. The summed E-state index contributed by atoms with van der Waals surface area (Å²) in [6.07, 6.45) is 2.80. The van der Waals surface area contributed by atoms with Crippen molar-refractivity contribution in [1.82, 2.24) is 20.0 Å². The molecule has 1 aromatic heterocycles. The van der Waals surface area contributed by atoms with Gasteiger partial charge in [0, 0.05) is 50.9 Å². The lowest BCUT2D eigenvalue weighted by molar-refractivity contribution is 0.0477. The molecule has 0 saturated carbocycles. The van der Waals surface area contributed by atoms with E-state index >= 15 is 0 Å². The van der Waals surface area contributed by atoms with Crippen molar-refractivity contribution in [2.45, 2.75) is 32.9 Å². The van der Waals surface area contributed by atoms with Gasteiger partial charge >= 0.3 is 0 Å². The van der Waals surface area contributed by atoms with Crippen LogP contribution in [-0.2, 0) is 6.54 Å². The van der Waals surface area contributed by atoms with Crippen molar-refractivity contribution in [3.8, 4) is 11.3 Å². The highest BCUT2D eigenvalue weighted by Gasteiger charge is 2.27. The van der Waals surface area contributed by atoms with Gasteiger partial charge in [0.25, 0.3) is 0 Å². The summed E-state index contributed by atoms with van der Waals surface area (Å²) in [5.74, 6) is 0.659. The normalized spacial score (nSPS) is 19.6. The molecule has 136 valence electrons. The molecule has 2 aromatic rings. The van der Waals surface area contributed by atoms with E-state index in [1.807, 2.05) is 12.3 Å². The maximum absolute atomic E-state index is 9.45. The van der Waals surface area contributed by atoms with Crippen molar-refractivity contribution >= 4 is 0 Å². The van der Waals surface area contributed by atoms with Crippen LogP contribution in [0.3, 0.4) is 0 Å². The highest BCUT2D eigenvalue weighted by molar-refractivity contribution is 5.62. The Morgan fingerprint density at radius 3 is 2.76 bits per heavy atom. The minimum Gasteiger partial charge on any atom is -0.396 e. The molecule has 1 aliphatic heterocycles. The number of benzene rings is 1. The number of H-pyrrole nitrogens is 1. The van der Waals surface area contributed by atoms with Crippen LogP contribution in [0.5, 0.6) is 0 Å². The van der Waals surface area contributed by atoms with Crippen LogP contribution in [0.2, 0.25) is 0 Å². The molecule has 1 aromatic carbocycles. The van der Waals surface area contributed by atoms with E-state index < -0.39 is 0 Å². The number of nitrogens with one attached hydrogen (secondary N) is 1. The fourth-order valence-corrected chi connectivity index (χ4v) is 3.76. The van der Waals surface area contributed by atoms with Gasteiger partial charge in [-0.2, -0.15) is 5.10 Å². The number of hydrogen-bond donors (Lipinski definition) is 2. The standard InChI is InChI=1S/C20H30N4O/c1-16(2)13-24-10-9-23(15-19(24)8-11-25)14-18-12-21-22-20(18)17-6-4-3-5-7-17/h3-7,12,16,19,25H,8-11,13-15H2,1-2H3,(H,21,22). The Labute approximate surface area is 150 Å². The fraction of sp³-hybridized carbons (Fsp3) is 0.550. The molecule has 0 amide bonds. The molecule has 0 radical (unpaired) electrons. The van der Waals surface area contributed by atoms with Crippen molar-refractivity contribution in [3.63, 3.8) is 0 Å². The third kappa shape index (κ3) is 4.69. The quantitative estimate of drug-likeness (QED) is 0.812. The molecule has 0 spiro atoms. The first-order valence-electron chi connectivity index (χ1n) is 9.32. The van der Waals surface area contributed by atoms with Gasteiger partial charge in [0.05, 0.1) is 11.9 Å². The van der Waals surface area contributed by atoms with E-state index in [0.717, 1.165) is 44.8 Å². The first-order chi connectivity index (χ1) is 12.2. The van der Waals surface area contributed by atoms with Gasteiger partial charge < -0.3 is 5.11 Å². The molecule has 0 aliphatic carbocycles. The van der Waals surface area contributed by atoms with Gasteiger partial charge in [0.1, 0.15) is 0 Å². The summed E-state index contributed by atoms with van der Waals surface area (Å²) in [6.45, 7) is 9.94. The summed E-state index contributed by atoms with van der Waals surface area (Å²) in [4.78, 5) is 5.04. The van der Waals surface area contributed by atoms with Gasteiger partial charge in [0.2, 0.25) is 0 Å². The summed E-state index contributed by atoms with van der Waals surface area (Å²) in [6, 6.07) is 10.8. The number of hydrogen-bond acceptors (Lipinski definition) is 4. The highest BCUT2D eigenvalue weighted by Crippen LogP contribution is 2.23. The Morgan fingerprint density at radius 2 is 2.04 bits per heavy atom. The first-order valence-corrected chi connectivity index (χ1v) is 9.32. The number of aliphatic hydroxyl groups is 1. The van der Waals surface area contributed by atoms with Crippen LogP contribution in [-0.4, -0.2) is 63.9 Å². The molecular formula is C20H30N4O. The van der Waals surface area contributed by atoms with E-state index in [4.69, 9.17) is 0 Å². The molecule has 2 heterocycles. The van der Waals surface area contributed by atoms with E-state index in [9.17, 15) is 5.11 Å². The highest BCUT2D eigenvalue weighted by atomic mass is 16.3. The van der Waals surface area contributed by atoms with E-state index in [1.54, 1.807) is 0 Å². The van der Waals surface area contributed by atoms with Gasteiger partial charge in [-0.3, -0.25) is 14.9 Å². The van der Waals surface area contributed by atoms with Crippen LogP contribution in [0, 0.1) is 5.92 Å². The molecule has 5 heteroatoms. The summed E-state index contributed by atoms with van der Waals surface area (Å²) < 4.78 is 0. The molecule has 5 nitrogen and oxygen atoms in total. The van der Waals surface area contributed by atoms with Crippen molar-refractivity contribution in [1.29, 1.82) is 0 Å². The van der Waals surface area contributed by atoms with Crippen LogP contribution in [0.1, 0.15) is 25.8 Å². The summed E-state index contributed by atoms with van der Waals surface area (Å²) in [7, 11) is 0. The summed E-state index contributed by atoms with van der Waals surface area (Å²) in [5.41, 5.74) is 3.54. The predicted molar refractivity (Wildman–Crippen MR) is 101 cm³/mol. The number of nitrogens with zero attached hydrogens (tertiary/aromatic N) is 3. The molecular weight excluding hydrogens is 312 g/mol. The Kier molecular flexibility index (Phi) is 6.24. The third-order valence-corrected chi connectivity index (χ3v) is 4.93. The van der Waals surface area contributed by atoms with Crippen molar-refractivity contribution in [2.75, 3.05) is 32.8 Å². The van der Waals surface area contributed by atoms with Gasteiger partial charge in [-0.25, -0.2) is 0 Å². The van der Waals surface area contributed by atoms with Crippen molar-refractivity contribution in [3.05, 3.63) is 42.1 Å². The van der Waals surface area contributed by atoms with Gasteiger partial charge in [-0.05, 0) is 17.9 Å². The third-order valence-electron chi connectivity index (χ3n) is 4.93. The van der Waals surface area contributed by atoms with Crippen LogP contribution in [0.15, 0.2) is 36.5 Å². The minimum atomic E-state index is 0.258. The average molecular weight is 342 g/mol. The van der Waals surface area contributed by atoms with E-state index in [2.05, 4.69) is 58.1 Å². The molecule has 1 aliphatic rings. The molecule has 3 rings (SSSR count). The lowest BCUT2D eigenvalue weighted by Gasteiger charge is -2.42. The Balaban J connectivity index is 1.67. The van der Waals surface area contributed by atoms with Crippen LogP contribution >= 0.6 is 0 Å². The number of piperazine rings is 1. The number of aromatic amines is 1. The predicted octanol–water partition coefficient (Wildman–Crippen LogP) is 2.60. The fourth-order valence-electron chi connectivity index (χ4n) is 3.76. The molecule has 1 fully saturated rings.